The van der Waals surface area contributed by atoms with Crippen molar-refractivity contribution in [1.82, 2.24) is 20.2 Å². The van der Waals surface area contributed by atoms with Crippen molar-refractivity contribution in [2.75, 3.05) is 0 Å². The highest BCUT2D eigenvalue weighted by Gasteiger charge is 2.26. The van der Waals surface area contributed by atoms with Crippen molar-refractivity contribution in [3.8, 4) is 0 Å². The Bertz CT molecular complexity index is 543. The van der Waals surface area contributed by atoms with Crippen LogP contribution in [0.2, 0.25) is 0 Å². The Labute approximate surface area is 113 Å². The van der Waals surface area contributed by atoms with Crippen LogP contribution in [-0.2, 0) is 14.8 Å². The van der Waals surface area contributed by atoms with E-state index in [2.05, 4.69) is 20.2 Å². The van der Waals surface area contributed by atoms with Gasteiger partial charge in [-0.2, -0.15) is 9.82 Å². The number of aromatic amines is 1. The first-order valence-electron chi connectivity index (χ1n) is 5.99. The lowest BCUT2D eigenvalue weighted by atomic mass is 10.3. The van der Waals surface area contributed by atoms with Crippen LogP contribution in [0.3, 0.4) is 0 Å². The van der Waals surface area contributed by atoms with Crippen molar-refractivity contribution in [1.29, 1.82) is 0 Å². The third-order valence-corrected chi connectivity index (χ3v) is 4.29. The van der Waals surface area contributed by atoms with Crippen LogP contribution in [0.1, 0.15) is 32.2 Å². The van der Waals surface area contributed by atoms with Crippen LogP contribution in [0.15, 0.2) is 4.90 Å². The molecule has 1 heterocycles. The molecule has 1 amide bonds. The molecule has 19 heavy (non-hydrogen) atoms. The van der Waals surface area contributed by atoms with E-state index < -0.39 is 16.1 Å². The average Bonchev–Trinajstić information content (AvgIpc) is 2.57. The molecule has 1 atom stereocenters. The van der Waals surface area contributed by atoms with Crippen LogP contribution >= 0.6 is 0 Å². The van der Waals surface area contributed by atoms with Crippen molar-refractivity contribution >= 4 is 15.9 Å². The summed E-state index contributed by atoms with van der Waals surface area (Å²) in [5.74, 6) is -0.364. The fraction of sp³-hybridized carbons (Fsp3) is 0.636. The first-order chi connectivity index (χ1) is 8.65. The average molecular weight is 288 g/mol. The highest BCUT2D eigenvalue weighted by molar-refractivity contribution is 7.89. The summed E-state index contributed by atoms with van der Waals surface area (Å²) in [6, 6.07) is -0.891. The smallest absolute Gasteiger partial charge is 0.244 e. The Morgan fingerprint density at radius 1 is 1.26 bits per heavy atom. The van der Waals surface area contributed by atoms with Gasteiger partial charge in [0.1, 0.15) is 4.90 Å². The summed E-state index contributed by atoms with van der Waals surface area (Å²) in [6.07, 6.45) is 0. The molecule has 1 rings (SSSR count). The monoisotopic (exact) mass is 288 g/mol. The zero-order valence-electron chi connectivity index (χ0n) is 11.7. The number of carbonyl (C=O) groups excluding carboxylic acids is 1. The van der Waals surface area contributed by atoms with Crippen molar-refractivity contribution in [3.05, 3.63) is 11.4 Å². The highest BCUT2D eigenvalue weighted by atomic mass is 32.2. The maximum absolute atomic E-state index is 12.2. The van der Waals surface area contributed by atoms with Crippen LogP contribution in [0.4, 0.5) is 0 Å². The van der Waals surface area contributed by atoms with Crippen LogP contribution in [-0.4, -0.2) is 36.6 Å². The van der Waals surface area contributed by atoms with E-state index in [1.54, 1.807) is 13.8 Å². The van der Waals surface area contributed by atoms with Gasteiger partial charge in [-0.15, -0.1) is 0 Å². The molecule has 1 aromatic heterocycles. The number of carbonyl (C=O) groups is 1. The Balaban J connectivity index is 2.90. The molecule has 108 valence electrons. The van der Waals surface area contributed by atoms with Gasteiger partial charge >= 0.3 is 0 Å². The number of hydrogen-bond donors (Lipinski definition) is 3. The zero-order valence-corrected chi connectivity index (χ0v) is 12.6. The predicted octanol–water partition coefficient (Wildman–Crippen LogP) is 0.218. The van der Waals surface area contributed by atoms with Crippen molar-refractivity contribution < 1.29 is 13.2 Å². The molecular weight excluding hydrogens is 268 g/mol. The number of sulfonamides is 1. The molecule has 0 spiro atoms. The Hall–Kier alpha value is -1.41. The van der Waals surface area contributed by atoms with Crippen LogP contribution in [0, 0.1) is 13.8 Å². The molecule has 7 nitrogen and oxygen atoms in total. The van der Waals surface area contributed by atoms with Gasteiger partial charge in [-0.1, -0.05) is 0 Å². The minimum Gasteiger partial charge on any atom is -0.353 e. The van der Waals surface area contributed by atoms with E-state index in [1.165, 1.54) is 6.92 Å². The first kappa shape index (κ1) is 15.6. The van der Waals surface area contributed by atoms with Crippen molar-refractivity contribution in [3.63, 3.8) is 0 Å². The van der Waals surface area contributed by atoms with Gasteiger partial charge in [-0.05, 0) is 34.6 Å². The van der Waals surface area contributed by atoms with Gasteiger partial charge < -0.3 is 5.32 Å². The van der Waals surface area contributed by atoms with Gasteiger partial charge in [0.05, 0.1) is 17.4 Å². The summed E-state index contributed by atoms with van der Waals surface area (Å²) >= 11 is 0. The molecule has 0 aliphatic heterocycles. The number of nitrogens with one attached hydrogen (secondary N) is 3. The Morgan fingerprint density at radius 2 is 1.84 bits per heavy atom. The number of H-pyrrole nitrogens is 1. The molecule has 1 aromatic rings. The standard InChI is InChI=1S/C11H20N4O3S/c1-6(2)12-11(16)9(5)15-19(17,18)10-7(3)13-14-8(10)4/h6,9,15H,1-5H3,(H,12,16)(H,13,14). The number of aryl methyl sites for hydroxylation is 2. The van der Waals surface area contributed by atoms with E-state index in [9.17, 15) is 13.2 Å². The summed E-state index contributed by atoms with van der Waals surface area (Å²) in [5, 5.41) is 9.10. The van der Waals surface area contributed by atoms with Gasteiger partial charge in [0, 0.05) is 6.04 Å². The fourth-order valence-corrected chi connectivity index (χ4v) is 3.26. The van der Waals surface area contributed by atoms with Crippen LogP contribution in [0.5, 0.6) is 0 Å². The molecule has 3 N–H and O–H groups in total. The maximum Gasteiger partial charge on any atom is 0.244 e. The third-order valence-electron chi connectivity index (χ3n) is 2.49. The molecule has 0 saturated heterocycles. The van der Waals surface area contributed by atoms with Crippen molar-refractivity contribution in [2.24, 2.45) is 0 Å². The lowest BCUT2D eigenvalue weighted by Gasteiger charge is -2.16. The molecule has 0 saturated carbocycles. The maximum atomic E-state index is 12.2. The quantitative estimate of drug-likeness (QED) is 0.721. The topological polar surface area (TPSA) is 104 Å². The summed E-state index contributed by atoms with van der Waals surface area (Å²) in [6.45, 7) is 8.33. The fourth-order valence-electron chi connectivity index (χ4n) is 1.69. The Kier molecular flexibility index (Phi) is 4.70. The van der Waals surface area contributed by atoms with E-state index in [0.29, 0.717) is 11.4 Å². The van der Waals surface area contributed by atoms with Crippen LogP contribution < -0.4 is 10.0 Å². The molecule has 0 aromatic carbocycles. The third kappa shape index (κ3) is 3.77. The normalized spacial score (nSPS) is 13.6. The summed E-state index contributed by atoms with van der Waals surface area (Å²) in [5.41, 5.74) is 0.822. The molecule has 8 heteroatoms. The van der Waals surface area contributed by atoms with Gasteiger partial charge in [0.25, 0.3) is 0 Å². The second kappa shape index (κ2) is 5.70. The molecule has 0 aliphatic carbocycles. The number of amides is 1. The molecule has 1 unspecified atom stereocenters. The number of rotatable bonds is 5. The number of hydrogen-bond acceptors (Lipinski definition) is 4. The van der Waals surface area contributed by atoms with E-state index >= 15 is 0 Å². The van der Waals surface area contributed by atoms with E-state index in [4.69, 9.17) is 0 Å². The van der Waals surface area contributed by atoms with Gasteiger partial charge in [-0.3, -0.25) is 9.89 Å². The molecule has 0 fully saturated rings. The highest BCUT2D eigenvalue weighted by Crippen LogP contribution is 2.16. The van der Waals surface area contributed by atoms with Gasteiger partial charge in [-0.25, -0.2) is 8.42 Å². The first-order valence-corrected chi connectivity index (χ1v) is 7.47. The number of nitrogens with zero attached hydrogens (tertiary/aromatic N) is 1. The molecule has 0 radical (unpaired) electrons. The summed E-state index contributed by atoms with van der Waals surface area (Å²) < 4.78 is 26.7. The number of aromatic nitrogens is 2. The molecule has 0 aliphatic rings. The minimum absolute atomic E-state index is 0.0446. The van der Waals surface area contributed by atoms with E-state index in [1.807, 2.05) is 13.8 Å². The van der Waals surface area contributed by atoms with Gasteiger partial charge in [0.2, 0.25) is 15.9 Å². The lowest BCUT2D eigenvalue weighted by molar-refractivity contribution is -0.122. The lowest BCUT2D eigenvalue weighted by Crippen LogP contribution is -2.46. The largest absolute Gasteiger partial charge is 0.353 e. The molecule has 0 bridgehead atoms. The van der Waals surface area contributed by atoms with Gasteiger partial charge in [0.15, 0.2) is 0 Å². The molecular formula is C11H20N4O3S. The minimum atomic E-state index is -3.76. The van der Waals surface area contributed by atoms with E-state index in [0.717, 1.165) is 0 Å². The SMILES string of the molecule is Cc1n[nH]c(C)c1S(=O)(=O)NC(C)C(=O)NC(C)C. The summed E-state index contributed by atoms with van der Waals surface area (Å²) in [4.78, 5) is 11.8. The zero-order chi connectivity index (χ0) is 14.8. The van der Waals surface area contributed by atoms with E-state index in [-0.39, 0.29) is 16.8 Å². The predicted molar refractivity (Wildman–Crippen MR) is 71.1 cm³/mol. The summed E-state index contributed by atoms with van der Waals surface area (Å²) in [7, 11) is -3.76. The van der Waals surface area contributed by atoms with Crippen LogP contribution in [0.25, 0.3) is 0 Å². The second-order valence-electron chi connectivity index (χ2n) is 4.77. The second-order valence-corrected chi connectivity index (χ2v) is 6.42. The Morgan fingerprint density at radius 3 is 2.26 bits per heavy atom. The van der Waals surface area contributed by atoms with Crippen molar-refractivity contribution in [2.45, 2.75) is 51.6 Å².